The van der Waals surface area contributed by atoms with Crippen LogP contribution in [0.5, 0.6) is 0 Å². The van der Waals surface area contributed by atoms with Gasteiger partial charge in [0.2, 0.25) is 0 Å². The second-order valence-electron chi connectivity index (χ2n) is 13.6. The molecule has 3 aliphatic rings. The molecule has 7 nitrogen and oxygen atoms in total. The molecular weight excluding hydrogens is 538 g/mol. The van der Waals surface area contributed by atoms with E-state index in [-0.39, 0.29) is 23.7 Å². The minimum absolute atomic E-state index is 0.0351. The van der Waals surface area contributed by atoms with Crippen LogP contribution >= 0.6 is 0 Å². The quantitative estimate of drug-likeness (QED) is 0.300. The van der Waals surface area contributed by atoms with Gasteiger partial charge in [-0.1, -0.05) is 26.0 Å². The van der Waals surface area contributed by atoms with E-state index in [1.807, 2.05) is 26.2 Å². The summed E-state index contributed by atoms with van der Waals surface area (Å²) >= 11 is 0. The highest BCUT2D eigenvalue weighted by molar-refractivity contribution is 6.04. The molecule has 0 amide bonds. The molecule has 1 aromatic carbocycles. The molecule has 0 radical (unpaired) electrons. The van der Waals surface area contributed by atoms with Crippen LogP contribution < -0.4 is 10.9 Å². The number of rotatable bonds is 11. The van der Waals surface area contributed by atoms with Crippen molar-refractivity contribution in [1.29, 1.82) is 0 Å². The van der Waals surface area contributed by atoms with Gasteiger partial charge in [0.1, 0.15) is 12.1 Å². The lowest BCUT2D eigenvalue weighted by atomic mass is 9.84. The molecule has 234 valence electrons. The highest BCUT2D eigenvalue weighted by Crippen LogP contribution is 2.34. The van der Waals surface area contributed by atoms with Gasteiger partial charge in [-0.25, -0.2) is 0 Å². The largest absolute Gasteiger partial charge is 0.461 e. The minimum atomic E-state index is -0.318. The van der Waals surface area contributed by atoms with Crippen LogP contribution in [0.15, 0.2) is 40.2 Å². The predicted octanol–water partition coefficient (Wildman–Crippen LogP) is 6.57. The summed E-state index contributed by atoms with van der Waals surface area (Å²) in [4.78, 5) is 31.0. The normalized spacial score (nSPS) is 20.5. The number of aliphatic imine (C=N–C) groups is 1. The Bertz CT molecular complexity index is 1310. The van der Waals surface area contributed by atoms with E-state index < -0.39 is 0 Å². The van der Waals surface area contributed by atoms with Gasteiger partial charge in [0.15, 0.2) is 0 Å². The Balaban J connectivity index is 1.37. The van der Waals surface area contributed by atoms with E-state index >= 15 is 0 Å². The molecule has 1 N–H and O–H groups in total. The summed E-state index contributed by atoms with van der Waals surface area (Å²) in [6.45, 7) is 8.51. The van der Waals surface area contributed by atoms with E-state index in [0.717, 1.165) is 106 Å². The molecule has 1 aliphatic carbocycles. The van der Waals surface area contributed by atoms with Crippen LogP contribution in [0.25, 0.3) is 0 Å². The number of hydrogen-bond acceptors (Lipinski definition) is 6. The molecule has 43 heavy (non-hydrogen) atoms. The van der Waals surface area contributed by atoms with Crippen molar-refractivity contribution < 1.29 is 14.3 Å². The monoisotopic (exact) mass is 589 g/mol. The molecule has 7 heteroatoms. The van der Waals surface area contributed by atoms with Gasteiger partial charge in [0.25, 0.3) is 5.56 Å². The third-order valence-corrected chi connectivity index (χ3v) is 9.59. The SMILES string of the molecule is Cc1cc(C2=Nc3cc(CN[C@@H](CC(C)C)C(=O)OC4CCCC4)ccc3CCC2CCC2CCOCC2)cn(C)c1=O. The Hall–Kier alpha value is -2.77. The number of esters is 1. The lowest BCUT2D eigenvalue weighted by Gasteiger charge is -2.25. The second kappa shape index (κ2) is 14.8. The molecule has 2 fully saturated rings. The smallest absolute Gasteiger partial charge is 0.323 e. The third-order valence-electron chi connectivity index (χ3n) is 9.59. The molecule has 2 aromatic rings. The van der Waals surface area contributed by atoms with Crippen molar-refractivity contribution in [2.75, 3.05) is 13.2 Å². The first kappa shape index (κ1) is 31.6. The summed E-state index contributed by atoms with van der Waals surface area (Å²) in [5.41, 5.74) is 6.29. The summed E-state index contributed by atoms with van der Waals surface area (Å²) in [6.07, 6.45) is 13.6. The van der Waals surface area contributed by atoms with Gasteiger partial charge in [-0.2, -0.15) is 0 Å². The maximum Gasteiger partial charge on any atom is 0.323 e. The topological polar surface area (TPSA) is 81.9 Å². The van der Waals surface area contributed by atoms with E-state index in [0.29, 0.717) is 24.3 Å². The van der Waals surface area contributed by atoms with Crippen LogP contribution in [0.3, 0.4) is 0 Å². The Kier molecular flexibility index (Phi) is 10.9. The maximum absolute atomic E-state index is 13.1. The summed E-state index contributed by atoms with van der Waals surface area (Å²) in [5.74, 6) is 1.30. The van der Waals surface area contributed by atoms with Gasteiger partial charge in [0, 0.05) is 50.0 Å². The zero-order valence-corrected chi connectivity index (χ0v) is 26.7. The first-order valence-corrected chi connectivity index (χ1v) is 16.7. The zero-order valence-electron chi connectivity index (χ0n) is 26.7. The molecule has 5 rings (SSSR count). The maximum atomic E-state index is 13.1. The van der Waals surface area contributed by atoms with Crippen molar-refractivity contribution >= 4 is 17.4 Å². The molecule has 1 saturated carbocycles. The summed E-state index contributed by atoms with van der Waals surface area (Å²) < 4.78 is 13.2. The standard InChI is InChI=1S/C36H51N3O4/c1-24(2)19-33(36(41)43-31-7-5-6-8-31)37-22-27-10-11-28-13-14-29(12-9-26-15-17-42-18-16-26)34(38-32(28)21-27)30-20-25(3)35(40)39(4)23-30/h10-11,20-21,23-24,26,29,31,33,37H,5-9,12-19,22H2,1-4H3/t29?,33-/m0/s1. The van der Waals surface area contributed by atoms with Gasteiger partial charge in [-0.05, 0) is 113 Å². The number of fused-ring (bicyclic) bond motifs is 1. The molecule has 1 unspecified atom stereocenters. The lowest BCUT2D eigenvalue weighted by Crippen LogP contribution is -2.40. The van der Waals surface area contributed by atoms with Crippen LogP contribution in [0.2, 0.25) is 0 Å². The number of pyridine rings is 1. The first-order chi connectivity index (χ1) is 20.8. The first-order valence-electron chi connectivity index (χ1n) is 16.7. The van der Waals surface area contributed by atoms with E-state index in [9.17, 15) is 9.59 Å². The fourth-order valence-electron chi connectivity index (χ4n) is 7.02. The molecule has 1 saturated heterocycles. The van der Waals surface area contributed by atoms with Crippen LogP contribution in [0.4, 0.5) is 5.69 Å². The molecule has 0 spiro atoms. The van der Waals surface area contributed by atoms with Gasteiger partial charge in [0.05, 0.1) is 11.4 Å². The van der Waals surface area contributed by atoms with E-state index in [1.54, 1.807) is 4.57 Å². The Morgan fingerprint density at radius 2 is 1.86 bits per heavy atom. The van der Waals surface area contributed by atoms with E-state index in [1.165, 1.54) is 12.0 Å². The number of aryl methyl sites for hydroxylation is 3. The van der Waals surface area contributed by atoms with Crippen LogP contribution in [-0.2, 0) is 34.3 Å². The molecule has 1 aromatic heterocycles. The summed E-state index contributed by atoms with van der Waals surface area (Å²) in [7, 11) is 1.83. The lowest BCUT2D eigenvalue weighted by molar-refractivity contribution is -0.151. The summed E-state index contributed by atoms with van der Waals surface area (Å²) in [5, 5.41) is 3.52. The number of aromatic nitrogens is 1. The Labute approximate surface area is 257 Å². The molecule has 2 aliphatic heterocycles. The molecule has 2 atom stereocenters. The van der Waals surface area contributed by atoms with Gasteiger partial charge in [-0.15, -0.1) is 0 Å². The van der Waals surface area contributed by atoms with Crippen molar-refractivity contribution in [1.82, 2.24) is 9.88 Å². The van der Waals surface area contributed by atoms with Crippen LogP contribution in [0, 0.1) is 24.7 Å². The summed E-state index contributed by atoms with van der Waals surface area (Å²) in [6, 6.07) is 8.28. The zero-order chi connectivity index (χ0) is 30.3. The number of benzene rings is 1. The van der Waals surface area contributed by atoms with Gasteiger partial charge in [-0.3, -0.25) is 14.6 Å². The number of carbonyl (C=O) groups excluding carboxylic acids is 1. The average Bonchev–Trinajstić information content (AvgIpc) is 3.43. The number of ether oxygens (including phenoxy) is 2. The molecule has 0 bridgehead atoms. The number of nitrogens with zero attached hydrogens (tertiary/aromatic N) is 2. The van der Waals surface area contributed by atoms with Crippen molar-refractivity contribution in [2.45, 2.75) is 110 Å². The number of nitrogens with one attached hydrogen (secondary N) is 1. The van der Waals surface area contributed by atoms with Crippen molar-refractivity contribution in [2.24, 2.45) is 29.8 Å². The highest BCUT2D eigenvalue weighted by Gasteiger charge is 2.27. The van der Waals surface area contributed by atoms with Crippen molar-refractivity contribution in [3.8, 4) is 0 Å². The van der Waals surface area contributed by atoms with Crippen LogP contribution in [-0.4, -0.2) is 41.6 Å². The highest BCUT2D eigenvalue weighted by atomic mass is 16.5. The molecule has 3 heterocycles. The van der Waals surface area contributed by atoms with Crippen LogP contribution in [0.1, 0.15) is 100 Å². The van der Waals surface area contributed by atoms with Crippen molar-refractivity contribution in [3.63, 3.8) is 0 Å². The molecular formula is C36H51N3O4. The Morgan fingerprint density at radius 1 is 1.09 bits per heavy atom. The van der Waals surface area contributed by atoms with Gasteiger partial charge < -0.3 is 19.4 Å². The van der Waals surface area contributed by atoms with E-state index in [4.69, 9.17) is 14.5 Å². The Morgan fingerprint density at radius 3 is 2.58 bits per heavy atom. The fourth-order valence-corrected chi connectivity index (χ4v) is 7.02. The minimum Gasteiger partial charge on any atom is -0.461 e. The number of hydrogen-bond donors (Lipinski definition) is 1. The fraction of sp³-hybridized carbons (Fsp3) is 0.639. The third kappa shape index (κ3) is 8.45. The van der Waals surface area contributed by atoms with Crippen molar-refractivity contribution in [3.05, 3.63) is 63.1 Å². The second-order valence-corrected chi connectivity index (χ2v) is 13.6. The predicted molar refractivity (Wildman–Crippen MR) is 172 cm³/mol. The van der Waals surface area contributed by atoms with E-state index in [2.05, 4.69) is 37.4 Å². The average molecular weight is 590 g/mol. The number of carbonyl (C=O) groups is 1. The van der Waals surface area contributed by atoms with Gasteiger partial charge >= 0.3 is 5.97 Å².